The molecule has 0 fully saturated rings. The molecule has 0 saturated carbocycles. The minimum absolute atomic E-state index is 0.213. The van der Waals surface area contributed by atoms with E-state index in [1.807, 2.05) is 6.92 Å². The van der Waals surface area contributed by atoms with Gasteiger partial charge in [0.05, 0.1) is 19.3 Å². The molecule has 1 aromatic rings. The molecule has 0 atom stereocenters. The van der Waals surface area contributed by atoms with Crippen molar-refractivity contribution >= 4 is 5.97 Å². The van der Waals surface area contributed by atoms with Crippen LogP contribution in [0.15, 0.2) is 24.3 Å². The lowest BCUT2D eigenvalue weighted by molar-refractivity contribution is 0.0340. The molecule has 0 amide bonds. The van der Waals surface area contributed by atoms with Gasteiger partial charge in [-0.3, -0.25) is 0 Å². The Hall–Kier alpha value is -1.59. The normalized spacial score (nSPS) is 11.1. The fraction of sp³-hybridized carbons (Fsp3) is 0.462. The molecule has 5 nitrogen and oxygen atoms in total. The highest BCUT2D eigenvalue weighted by Crippen LogP contribution is 2.15. The molecule has 1 rings (SSSR count). The zero-order chi connectivity index (χ0) is 13.6. The standard InChI is InChI=1S/C13H20N2O3/c1-13(7-14,8-15)9-18-12(16)10-3-5-11(17-2)6-4-10/h3-6H,7-9,14-15H2,1-2H3. The molecule has 0 heterocycles. The van der Waals surface area contributed by atoms with Crippen molar-refractivity contribution in [3.63, 3.8) is 0 Å². The number of carbonyl (C=O) groups excluding carboxylic acids is 1. The summed E-state index contributed by atoms with van der Waals surface area (Å²) in [6.07, 6.45) is 0. The molecule has 0 radical (unpaired) electrons. The van der Waals surface area contributed by atoms with E-state index in [1.54, 1.807) is 31.4 Å². The number of ether oxygens (including phenoxy) is 2. The van der Waals surface area contributed by atoms with Gasteiger partial charge in [0.2, 0.25) is 0 Å². The van der Waals surface area contributed by atoms with Gasteiger partial charge in [-0.15, -0.1) is 0 Å². The van der Waals surface area contributed by atoms with Crippen molar-refractivity contribution < 1.29 is 14.3 Å². The van der Waals surface area contributed by atoms with E-state index in [4.69, 9.17) is 20.9 Å². The van der Waals surface area contributed by atoms with Crippen LogP contribution in [-0.4, -0.2) is 32.8 Å². The first-order chi connectivity index (χ1) is 8.54. The van der Waals surface area contributed by atoms with Crippen LogP contribution < -0.4 is 16.2 Å². The molecule has 0 bridgehead atoms. The van der Waals surface area contributed by atoms with Crippen LogP contribution in [-0.2, 0) is 4.74 Å². The summed E-state index contributed by atoms with van der Waals surface area (Å²) in [6, 6.07) is 6.73. The van der Waals surface area contributed by atoms with Crippen LogP contribution in [0.3, 0.4) is 0 Å². The van der Waals surface area contributed by atoms with E-state index in [9.17, 15) is 4.79 Å². The van der Waals surface area contributed by atoms with E-state index in [1.165, 1.54) is 0 Å². The summed E-state index contributed by atoms with van der Waals surface area (Å²) in [5.41, 5.74) is 11.3. The van der Waals surface area contributed by atoms with Gasteiger partial charge in [-0.25, -0.2) is 4.79 Å². The Kier molecular flexibility index (Phi) is 5.12. The molecule has 5 heteroatoms. The molecule has 0 aliphatic carbocycles. The molecule has 4 N–H and O–H groups in total. The average molecular weight is 252 g/mol. The third-order valence-electron chi connectivity index (χ3n) is 2.86. The second-order valence-corrected chi connectivity index (χ2v) is 4.52. The molecule has 0 aromatic heterocycles. The number of hydrogen-bond donors (Lipinski definition) is 2. The van der Waals surface area contributed by atoms with Crippen molar-refractivity contribution in [2.75, 3.05) is 26.8 Å². The number of nitrogens with two attached hydrogens (primary N) is 2. The Morgan fingerprint density at radius 2 is 1.78 bits per heavy atom. The number of esters is 1. The van der Waals surface area contributed by atoms with Crippen LogP contribution in [0.1, 0.15) is 17.3 Å². The summed E-state index contributed by atoms with van der Waals surface area (Å²) in [4.78, 5) is 11.8. The summed E-state index contributed by atoms with van der Waals surface area (Å²) in [5, 5.41) is 0. The molecule has 0 aliphatic heterocycles. The molecule has 18 heavy (non-hydrogen) atoms. The molecule has 0 aliphatic rings. The van der Waals surface area contributed by atoms with Crippen molar-refractivity contribution in [2.24, 2.45) is 16.9 Å². The van der Waals surface area contributed by atoms with Gasteiger partial charge in [0.25, 0.3) is 0 Å². The van der Waals surface area contributed by atoms with Crippen molar-refractivity contribution in [3.8, 4) is 5.75 Å². The van der Waals surface area contributed by atoms with E-state index >= 15 is 0 Å². The van der Waals surface area contributed by atoms with Gasteiger partial charge >= 0.3 is 5.97 Å². The number of hydrogen-bond acceptors (Lipinski definition) is 5. The van der Waals surface area contributed by atoms with Gasteiger partial charge in [0.15, 0.2) is 0 Å². The van der Waals surface area contributed by atoms with E-state index < -0.39 is 0 Å². The van der Waals surface area contributed by atoms with Crippen LogP contribution in [0.5, 0.6) is 5.75 Å². The van der Waals surface area contributed by atoms with Gasteiger partial charge in [0.1, 0.15) is 5.75 Å². The third kappa shape index (κ3) is 3.72. The second kappa shape index (κ2) is 6.37. The Labute approximate surface area is 107 Å². The number of rotatable bonds is 6. The van der Waals surface area contributed by atoms with Crippen LogP contribution in [0.25, 0.3) is 0 Å². The quantitative estimate of drug-likeness (QED) is 0.730. The maximum Gasteiger partial charge on any atom is 0.338 e. The van der Waals surface area contributed by atoms with Crippen LogP contribution in [0.4, 0.5) is 0 Å². The van der Waals surface area contributed by atoms with E-state index in [0.29, 0.717) is 24.4 Å². The molecule has 100 valence electrons. The Balaban J connectivity index is 2.59. The second-order valence-electron chi connectivity index (χ2n) is 4.52. The number of carbonyl (C=O) groups is 1. The highest BCUT2D eigenvalue weighted by Gasteiger charge is 2.23. The Morgan fingerprint density at radius 3 is 2.22 bits per heavy atom. The van der Waals surface area contributed by atoms with Crippen LogP contribution in [0.2, 0.25) is 0 Å². The molecule has 0 spiro atoms. The SMILES string of the molecule is COc1ccc(C(=O)OCC(C)(CN)CN)cc1. The minimum atomic E-state index is -0.384. The predicted octanol–water partition coefficient (Wildman–Crippen LogP) is 0.776. The molecular weight excluding hydrogens is 232 g/mol. The summed E-state index contributed by atoms with van der Waals surface area (Å²) in [7, 11) is 1.57. The van der Waals surface area contributed by atoms with Crippen molar-refractivity contribution in [1.82, 2.24) is 0 Å². The van der Waals surface area contributed by atoms with Gasteiger partial charge in [-0.1, -0.05) is 6.92 Å². The average Bonchev–Trinajstić information content (AvgIpc) is 2.44. The van der Waals surface area contributed by atoms with Gasteiger partial charge < -0.3 is 20.9 Å². The maximum atomic E-state index is 11.8. The van der Waals surface area contributed by atoms with E-state index in [-0.39, 0.29) is 18.0 Å². The molecule has 1 aromatic carbocycles. The summed E-state index contributed by atoms with van der Waals surface area (Å²) in [5.74, 6) is 0.311. The predicted molar refractivity (Wildman–Crippen MR) is 69.5 cm³/mol. The zero-order valence-corrected chi connectivity index (χ0v) is 10.8. The maximum absolute atomic E-state index is 11.8. The van der Waals surface area contributed by atoms with Crippen LogP contribution >= 0.6 is 0 Å². The first-order valence-corrected chi connectivity index (χ1v) is 5.76. The molecular formula is C13H20N2O3. The van der Waals surface area contributed by atoms with Crippen LogP contribution in [0, 0.1) is 5.41 Å². The van der Waals surface area contributed by atoms with Gasteiger partial charge in [-0.2, -0.15) is 0 Å². The van der Waals surface area contributed by atoms with E-state index in [0.717, 1.165) is 0 Å². The first kappa shape index (κ1) is 14.5. The third-order valence-corrected chi connectivity index (χ3v) is 2.86. The molecule has 0 unspecified atom stereocenters. The fourth-order valence-electron chi connectivity index (χ4n) is 1.25. The molecule has 0 saturated heterocycles. The minimum Gasteiger partial charge on any atom is -0.497 e. The smallest absolute Gasteiger partial charge is 0.338 e. The first-order valence-electron chi connectivity index (χ1n) is 5.76. The number of methoxy groups -OCH3 is 1. The topological polar surface area (TPSA) is 87.6 Å². The fourth-order valence-corrected chi connectivity index (χ4v) is 1.25. The van der Waals surface area contributed by atoms with Crippen molar-refractivity contribution in [1.29, 1.82) is 0 Å². The monoisotopic (exact) mass is 252 g/mol. The lowest BCUT2D eigenvalue weighted by atomic mass is 9.92. The van der Waals surface area contributed by atoms with E-state index in [2.05, 4.69) is 0 Å². The Morgan fingerprint density at radius 1 is 1.22 bits per heavy atom. The van der Waals surface area contributed by atoms with Crippen molar-refractivity contribution in [2.45, 2.75) is 6.92 Å². The van der Waals surface area contributed by atoms with Gasteiger partial charge in [0, 0.05) is 18.5 Å². The lowest BCUT2D eigenvalue weighted by Crippen LogP contribution is -2.39. The largest absolute Gasteiger partial charge is 0.497 e. The highest BCUT2D eigenvalue weighted by molar-refractivity contribution is 5.89. The Bertz CT molecular complexity index is 386. The summed E-state index contributed by atoms with van der Waals surface area (Å²) < 4.78 is 10.2. The highest BCUT2D eigenvalue weighted by atomic mass is 16.5. The summed E-state index contributed by atoms with van der Waals surface area (Å²) >= 11 is 0. The zero-order valence-electron chi connectivity index (χ0n) is 10.8. The van der Waals surface area contributed by atoms with Crippen molar-refractivity contribution in [3.05, 3.63) is 29.8 Å². The lowest BCUT2D eigenvalue weighted by Gasteiger charge is -2.25. The summed E-state index contributed by atoms with van der Waals surface area (Å²) in [6.45, 7) is 2.85. The van der Waals surface area contributed by atoms with Gasteiger partial charge in [-0.05, 0) is 24.3 Å². The number of benzene rings is 1.